The first kappa shape index (κ1) is 24.4. The van der Waals surface area contributed by atoms with Gasteiger partial charge in [0.25, 0.3) is 0 Å². The minimum atomic E-state index is 0.0657. The summed E-state index contributed by atoms with van der Waals surface area (Å²) in [6.45, 7) is 3.82. The normalized spacial score (nSPS) is 24.2. The van der Waals surface area contributed by atoms with Crippen molar-refractivity contribution in [2.45, 2.75) is 38.8 Å². The molecule has 0 unspecified atom stereocenters. The molecular formula is C28H25BrN4O2. The Bertz CT molecular complexity index is 1320. The van der Waals surface area contributed by atoms with Crippen LogP contribution < -0.4 is 10.2 Å². The van der Waals surface area contributed by atoms with Gasteiger partial charge in [-0.2, -0.15) is 10.5 Å². The Balaban J connectivity index is 0.000000136. The average Bonchev–Trinajstić information content (AvgIpc) is 3.62. The third-order valence-corrected chi connectivity index (χ3v) is 7.11. The number of nitriles is 2. The molecule has 2 saturated heterocycles. The smallest absolute Gasteiger partial charge is 0.234 e. The van der Waals surface area contributed by atoms with E-state index in [4.69, 9.17) is 10.5 Å². The number of benzene rings is 2. The Morgan fingerprint density at radius 1 is 0.886 bits per heavy atom. The van der Waals surface area contributed by atoms with Gasteiger partial charge in [-0.05, 0) is 74.2 Å². The van der Waals surface area contributed by atoms with Gasteiger partial charge in [0.1, 0.15) is 0 Å². The fourth-order valence-electron chi connectivity index (χ4n) is 4.68. The van der Waals surface area contributed by atoms with Crippen molar-refractivity contribution in [1.29, 1.82) is 10.5 Å². The van der Waals surface area contributed by atoms with Crippen LogP contribution >= 0.6 is 15.9 Å². The molecule has 176 valence electrons. The van der Waals surface area contributed by atoms with E-state index in [0.29, 0.717) is 11.6 Å². The summed E-state index contributed by atoms with van der Waals surface area (Å²) < 4.78 is 1.02. The van der Waals surface area contributed by atoms with Crippen LogP contribution in [0.3, 0.4) is 0 Å². The molecular weight excluding hydrogens is 504 g/mol. The van der Waals surface area contributed by atoms with Gasteiger partial charge >= 0.3 is 0 Å². The number of aryl methyl sites for hydroxylation is 2. The van der Waals surface area contributed by atoms with E-state index >= 15 is 0 Å². The molecule has 2 amide bonds. The minimum Gasteiger partial charge on any atom is -0.349 e. The van der Waals surface area contributed by atoms with Crippen LogP contribution in [0.25, 0.3) is 0 Å². The molecule has 2 aliphatic carbocycles. The third-order valence-electron chi connectivity index (χ3n) is 6.61. The lowest BCUT2D eigenvalue weighted by Crippen LogP contribution is -2.34. The van der Waals surface area contributed by atoms with E-state index in [1.807, 2.05) is 55.2 Å². The maximum atomic E-state index is 12.0. The molecule has 35 heavy (non-hydrogen) atoms. The zero-order valence-electron chi connectivity index (χ0n) is 19.5. The van der Waals surface area contributed by atoms with Crippen LogP contribution in [-0.4, -0.2) is 23.9 Å². The summed E-state index contributed by atoms with van der Waals surface area (Å²) in [5.41, 5.74) is 4.24. The fraction of sp³-hybridized carbons (Fsp3) is 0.286. The van der Waals surface area contributed by atoms with E-state index in [-0.39, 0.29) is 29.7 Å². The predicted molar refractivity (Wildman–Crippen MR) is 137 cm³/mol. The van der Waals surface area contributed by atoms with Crippen LogP contribution in [0.5, 0.6) is 0 Å². The zero-order valence-corrected chi connectivity index (χ0v) is 21.1. The lowest BCUT2D eigenvalue weighted by atomic mass is 10.1. The first-order valence-electron chi connectivity index (χ1n) is 11.5. The van der Waals surface area contributed by atoms with Gasteiger partial charge in [-0.15, -0.1) is 0 Å². The maximum absolute atomic E-state index is 12.0. The van der Waals surface area contributed by atoms with Gasteiger partial charge in [-0.25, -0.2) is 0 Å². The number of amides is 2. The van der Waals surface area contributed by atoms with Gasteiger partial charge < -0.3 is 10.2 Å². The molecule has 2 heterocycles. The topological polar surface area (TPSA) is 97.0 Å². The molecule has 2 aromatic carbocycles. The number of carbonyl (C=O) groups excluding carboxylic acids is 2. The molecule has 4 bridgehead atoms. The molecule has 0 radical (unpaired) electrons. The van der Waals surface area contributed by atoms with E-state index < -0.39 is 0 Å². The predicted octanol–water partition coefficient (Wildman–Crippen LogP) is 4.85. The molecule has 7 heteroatoms. The summed E-state index contributed by atoms with van der Waals surface area (Å²) in [7, 11) is 0. The van der Waals surface area contributed by atoms with Crippen molar-refractivity contribution >= 4 is 33.4 Å². The molecule has 2 fully saturated rings. The summed E-state index contributed by atoms with van der Waals surface area (Å²) >= 11 is 3.32. The highest BCUT2D eigenvalue weighted by molar-refractivity contribution is 9.10. The molecule has 6 nitrogen and oxygen atoms in total. The van der Waals surface area contributed by atoms with Crippen LogP contribution in [-0.2, 0) is 9.59 Å². The van der Waals surface area contributed by atoms with Crippen LogP contribution in [0.1, 0.15) is 35.1 Å². The summed E-state index contributed by atoms with van der Waals surface area (Å²) in [5, 5.41) is 20.3. The number of carbonyl (C=O) groups is 2. The summed E-state index contributed by atoms with van der Waals surface area (Å²) in [6.07, 6.45) is 10.0. The number of hydrogen-bond acceptors (Lipinski definition) is 4. The molecule has 0 aromatic heterocycles. The quantitative estimate of drug-likeness (QED) is 0.535. The van der Waals surface area contributed by atoms with Crippen molar-refractivity contribution in [2.75, 3.05) is 4.90 Å². The van der Waals surface area contributed by atoms with Crippen LogP contribution in [0.4, 0.5) is 5.69 Å². The van der Waals surface area contributed by atoms with E-state index in [2.05, 4.69) is 45.5 Å². The van der Waals surface area contributed by atoms with Crippen LogP contribution in [0.2, 0.25) is 0 Å². The molecule has 4 atom stereocenters. The number of halogens is 1. The second-order valence-electron chi connectivity index (χ2n) is 9.03. The van der Waals surface area contributed by atoms with Gasteiger partial charge in [0.05, 0.1) is 41.1 Å². The Labute approximate surface area is 213 Å². The molecule has 6 rings (SSSR count). The number of nitrogens with zero attached hydrogens (tertiary/aromatic N) is 3. The van der Waals surface area contributed by atoms with E-state index in [1.165, 1.54) is 0 Å². The van der Waals surface area contributed by atoms with Gasteiger partial charge in [0.2, 0.25) is 11.8 Å². The van der Waals surface area contributed by atoms with Crippen molar-refractivity contribution in [3.05, 3.63) is 87.4 Å². The largest absolute Gasteiger partial charge is 0.349 e. The number of hydrogen-bond donors (Lipinski definition) is 1. The monoisotopic (exact) mass is 528 g/mol. The molecule has 4 aliphatic rings. The van der Waals surface area contributed by atoms with Crippen molar-refractivity contribution in [3.8, 4) is 12.1 Å². The highest BCUT2D eigenvalue weighted by atomic mass is 79.9. The first-order valence-corrected chi connectivity index (χ1v) is 12.3. The molecule has 2 aliphatic heterocycles. The maximum Gasteiger partial charge on any atom is 0.234 e. The SMILES string of the molecule is Cc1cc(Br)ccc1C#N.Cc1cc(N2C(=O)[C@@H]3C=C[C@H]2C3)ccc1C#N.O=C1N[C@H]2C=C[C@@H]1C2. The lowest BCUT2D eigenvalue weighted by Gasteiger charge is -2.24. The lowest BCUT2D eigenvalue weighted by molar-refractivity contribution is -0.121. The summed E-state index contributed by atoms with van der Waals surface area (Å²) in [6, 6.07) is 16.0. The number of nitrogens with one attached hydrogen (secondary N) is 1. The Kier molecular flexibility index (Phi) is 7.19. The van der Waals surface area contributed by atoms with E-state index in [9.17, 15) is 9.59 Å². The second-order valence-corrected chi connectivity index (χ2v) is 9.94. The van der Waals surface area contributed by atoms with Crippen molar-refractivity contribution in [2.24, 2.45) is 11.8 Å². The second kappa shape index (κ2) is 10.3. The minimum absolute atomic E-state index is 0.0657. The highest BCUT2D eigenvalue weighted by Crippen LogP contribution is 2.37. The van der Waals surface area contributed by atoms with Crippen LogP contribution in [0.15, 0.2) is 65.2 Å². The van der Waals surface area contributed by atoms with Gasteiger partial charge in [-0.3, -0.25) is 9.59 Å². The van der Waals surface area contributed by atoms with E-state index in [0.717, 1.165) is 39.7 Å². The highest BCUT2D eigenvalue weighted by Gasteiger charge is 2.41. The molecule has 0 spiro atoms. The summed E-state index contributed by atoms with van der Waals surface area (Å²) in [5.74, 6) is 0.662. The standard InChI is InChI=1S/C14H12N2O.C8H6BrN.C6H7NO/c1-9-6-12(5-3-11(9)8-15)16-13-4-2-10(7-13)14(16)17;1-6-4-8(9)3-2-7(6)5-10;8-6-4-1-2-5(3-4)7-6/h2-6,10,13H,7H2,1H3;2-4H,1H3;1-2,4-5H,3H2,(H,7,8)/t10-,13+;;4-,5+/m1.1/s1. The molecule has 2 aromatic rings. The third kappa shape index (κ3) is 5.21. The van der Waals surface area contributed by atoms with Gasteiger partial charge in [0, 0.05) is 16.2 Å². The van der Waals surface area contributed by atoms with E-state index in [1.54, 1.807) is 12.1 Å². The van der Waals surface area contributed by atoms with Crippen molar-refractivity contribution in [1.82, 2.24) is 5.32 Å². The Morgan fingerprint density at radius 3 is 2.00 bits per heavy atom. The van der Waals surface area contributed by atoms with Crippen LogP contribution in [0, 0.1) is 48.3 Å². The zero-order chi connectivity index (χ0) is 25.1. The van der Waals surface area contributed by atoms with Crippen molar-refractivity contribution in [3.63, 3.8) is 0 Å². The average molecular weight is 529 g/mol. The molecule has 1 N–H and O–H groups in total. The number of rotatable bonds is 1. The number of anilines is 1. The van der Waals surface area contributed by atoms with Gasteiger partial charge in [-0.1, -0.05) is 40.2 Å². The first-order chi connectivity index (χ1) is 16.8. The Morgan fingerprint density at radius 2 is 1.54 bits per heavy atom. The fourth-order valence-corrected chi connectivity index (χ4v) is 5.16. The molecule has 0 saturated carbocycles. The number of fused-ring (bicyclic) bond motifs is 4. The summed E-state index contributed by atoms with van der Waals surface area (Å²) in [4.78, 5) is 24.6. The van der Waals surface area contributed by atoms with Gasteiger partial charge in [0.15, 0.2) is 0 Å². The van der Waals surface area contributed by atoms with Crippen molar-refractivity contribution < 1.29 is 9.59 Å². The Hall–Kier alpha value is -3.68.